The number of aromatic hydroxyl groups is 1. The number of rotatable bonds is 1. The molecule has 0 aromatic heterocycles. The summed E-state index contributed by atoms with van der Waals surface area (Å²) in [7, 11) is 0. The Morgan fingerprint density at radius 3 is 2.06 bits per heavy atom. The van der Waals surface area contributed by atoms with Crippen LogP contribution in [0.3, 0.4) is 0 Å². The van der Waals surface area contributed by atoms with E-state index >= 15 is 0 Å². The van der Waals surface area contributed by atoms with Crippen LogP contribution in [0.1, 0.15) is 5.56 Å². The quantitative estimate of drug-likeness (QED) is 0.519. The van der Waals surface area contributed by atoms with E-state index in [0.29, 0.717) is 5.75 Å². The summed E-state index contributed by atoms with van der Waals surface area (Å²) in [6.07, 6.45) is 0. The lowest BCUT2D eigenvalue weighted by molar-refractivity contribution is 0.471. The van der Waals surface area contributed by atoms with Crippen LogP contribution in [-0.4, -0.2) is 9.66 Å². The topological polar surface area (TPSA) is 40.5 Å². The first-order chi connectivity index (χ1) is 7.77. The fraction of sp³-hybridized carbons (Fsp3) is 0.0769. The number of phenolic OH excluding ortho intramolecular Hbond substituents is 1. The lowest BCUT2D eigenvalue weighted by atomic mass is 10.0. The number of benzene rings is 2. The first-order valence-corrected chi connectivity index (χ1v) is 5.22. The molecular weight excluding hydrogens is 220 g/mol. The maximum Gasteiger partial charge on any atom is 0.118 e. The van der Waals surface area contributed by atoms with Gasteiger partial charge in [0.1, 0.15) is 5.75 Å². The van der Waals surface area contributed by atoms with Gasteiger partial charge in [-0.25, -0.2) is 0 Å². The molecule has 84 valence electrons. The Labute approximate surface area is 101 Å². The van der Waals surface area contributed by atoms with Crippen molar-refractivity contribution in [1.82, 2.24) is 0 Å². The molecule has 0 bridgehead atoms. The average Bonchev–Trinajstić information content (AvgIpc) is 2.36. The van der Waals surface area contributed by atoms with Crippen molar-refractivity contribution in [3.05, 3.63) is 54.1 Å². The van der Waals surface area contributed by atoms with Crippen molar-refractivity contribution in [2.75, 3.05) is 0 Å². The molecule has 2 nitrogen and oxygen atoms in total. The minimum absolute atomic E-state index is 0.352. The first-order valence-electron chi connectivity index (χ1n) is 4.82. The first kappa shape index (κ1) is 12.6. The van der Waals surface area contributed by atoms with Gasteiger partial charge in [-0.05, 0) is 48.7 Å². The molecule has 3 heteroatoms. The molecule has 0 aliphatic rings. The highest BCUT2D eigenvalue weighted by Gasteiger charge is 1.99. The Hall–Kier alpha value is -1.45. The van der Waals surface area contributed by atoms with Gasteiger partial charge in [0.15, 0.2) is 0 Å². The van der Waals surface area contributed by atoms with Crippen LogP contribution in [0.5, 0.6) is 5.75 Å². The highest BCUT2D eigenvalue weighted by atomic mass is 32.1. The van der Waals surface area contributed by atoms with Gasteiger partial charge in [-0.1, -0.05) is 36.4 Å². The van der Waals surface area contributed by atoms with E-state index in [0.717, 1.165) is 11.1 Å². The molecule has 0 amide bonds. The minimum Gasteiger partial charge on any atom is -0.508 e. The van der Waals surface area contributed by atoms with E-state index < -0.39 is 0 Å². The van der Waals surface area contributed by atoms with E-state index in [-0.39, 0.29) is 0 Å². The largest absolute Gasteiger partial charge is 0.508 e. The van der Waals surface area contributed by atoms with E-state index in [4.69, 9.17) is 4.55 Å². The molecule has 2 aromatic rings. The fourth-order valence-corrected chi connectivity index (χ4v) is 1.47. The monoisotopic (exact) mass is 234 g/mol. The second-order valence-electron chi connectivity index (χ2n) is 3.37. The van der Waals surface area contributed by atoms with Gasteiger partial charge in [-0.3, -0.25) is 0 Å². The summed E-state index contributed by atoms with van der Waals surface area (Å²) in [5.41, 5.74) is 3.22. The van der Waals surface area contributed by atoms with Gasteiger partial charge in [0.25, 0.3) is 0 Å². The third-order valence-electron chi connectivity index (χ3n) is 2.30. The molecule has 2 N–H and O–H groups in total. The van der Waals surface area contributed by atoms with Gasteiger partial charge >= 0.3 is 0 Å². The van der Waals surface area contributed by atoms with Crippen LogP contribution in [0.2, 0.25) is 0 Å². The van der Waals surface area contributed by atoms with Crippen LogP contribution in [0, 0.1) is 6.92 Å². The SMILES string of the molecule is Cc1cc(-c2ccccc2)ccc1O.OS. The molecule has 0 fully saturated rings. The molecule has 0 saturated carbocycles. The van der Waals surface area contributed by atoms with Crippen LogP contribution in [0.25, 0.3) is 11.1 Å². The highest BCUT2D eigenvalue weighted by Crippen LogP contribution is 2.24. The van der Waals surface area contributed by atoms with E-state index in [1.54, 1.807) is 6.07 Å². The Bertz CT molecular complexity index is 441. The summed E-state index contributed by atoms with van der Waals surface area (Å²) in [4.78, 5) is 0. The molecular formula is C13H14O2S. The van der Waals surface area contributed by atoms with Gasteiger partial charge in [0.2, 0.25) is 0 Å². The highest BCUT2D eigenvalue weighted by molar-refractivity contribution is 7.74. The molecule has 0 unspecified atom stereocenters. The van der Waals surface area contributed by atoms with Crippen molar-refractivity contribution < 1.29 is 9.66 Å². The smallest absolute Gasteiger partial charge is 0.118 e. The van der Waals surface area contributed by atoms with Gasteiger partial charge in [-0.2, -0.15) is 0 Å². The molecule has 0 radical (unpaired) electrons. The summed E-state index contributed by atoms with van der Waals surface area (Å²) in [5.74, 6) is 0.352. The zero-order chi connectivity index (χ0) is 12.0. The lowest BCUT2D eigenvalue weighted by Crippen LogP contribution is -1.79. The van der Waals surface area contributed by atoms with Gasteiger partial charge in [-0.15, -0.1) is 0 Å². The summed E-state index contributed by atoms with van der Waals surface area (Å²) >= 11 is 2.53. The predicted octanol–water partition coefficient (Wildman–Crippen LogP) is 3.76. The van der Waals surface area contributed by atoms with Crippen molar-refractivity contribution in [3.8, 4) is 16.9 Å². The van der Waals surface area contributed by atoms with Crippen molar-refractivity contribution in [2.24, 2.45) is 0 Å². The second-order valence-corrected chi connectivity index (χ2v) is 3.37. The molecule has 0 heterocycles. The third kappa shape index (κ3) is 3.02. The van der Waals surface area contributed by atoms with E-state index in [1.807, 2.05) is 37.3 Å². The van der Waals surface area contributed by atoms with E-state index in [2.05, 4.69) is 25.0 Å². The maximum atomic E-state index is 9.39. The Morgan fingerprint density at radius 2 is 1.50 bits per heavy atom. The van der Waals surface area contributed by atoms with Crippen molar-refractivity contribution in [1.29, 1.82) is 0 Å². The van der Waals surface area contributed by atoms with Crippen molar-refractivity contribution >= 4 is 12.9 Å². The molecule has 0 saturated heterocycles. The zero-order valence-corrected chi connectivity index (χ0v) is 9.85. The summed E-state index contributed by atoms with van der Waals surface area (Å²) in [6.45, 7) is 1.90. The fourth-order valence-electron chi connectivity index (χ4n) is 1.47. The third-order valence-corrected chi connectivity index (χ3v) is 2.30. The zero-order valence-electron chi connectivity index (χ0n) is 8.96. The number of hydrogen-bond acceptors (Lipinski definition) is 3. The molecule has 0 aliphatic heterocycles. The average molecular weight is 234 g/mol. The predicted molar refractivity (Wildman–Crippen MR) is 69.9 cm³/mol. The van der Waals surface area contributed by atoms with Crippen LogP contribution < -0.4 is 0 Å². The van der Waals surface area contributed by atoms with Gasteiger partial charge in [0.05, 0.1) is 0 Å². The lowest BCUT2D eigenvalue weighted by Gasteiger charge is -2.03. The Balaban J connectivity index is 0.000000606. The van der Waals surface area contributed by atoms with Crippen molar-refractivity contribution in [3.63, 3.8) is 0 Å². The second kappa shape index (κ2) is 6.20. The van der Waals surface area contributed by atoms with E-state index in [1.165, 1.54) is 5.56 Å². The Kier molecular flexibility index (Phi) is 4.89. The van der Waals surface area contributed by atoms with Gasteiger partial charge in [0, 0.05) is 0 Å². The summed E-state index contributed by atoms with van der Waals surface area (Å²) < 4.78 is 6.69. The maximum absolute atomic E-state index is 9.39. The number of phenols is 1. The molecule has 2 aromatic carbocycles. The molecule has 0 atom stereocenters. The van der Waals surface area contributed by atoms with Crippen LogP contribution in [0.15, 0.2) is 48.5 Å². The molecule has 16 heavy (non-hydrogen) atoms. The Morgan fingerprint density at radius 1 is 0.875 bits per heavy atom. The van der Waals surface area contributed by atoms with Crippen LogP contribution in [-0.2, 0) is 0 Å². The van der Waals surface area contributed by atoms with Crippen LogP contribution >= 0.6 is 12.9 Å². The summed E-state index contributed by atoms with van der Waals surface area (Å²) in [6, 6.07) is 15.8. The van der Waals surface area contributed by atoms with Crippen molar-refractivity contribution in [2.45, 2.75) is 6.92 Å². The number of hydrogen-bond donors (Lipinski definition) is 3. The normalized spacial score (nSPS) is 9.19. The number of aryl methyl sites for hydroxylation is 1. The standard InChI is InChI=1S/C13H12O.H2OS/c1-10-9-12(7-8-13(10)14)11-5-3-2-4-6-11;1-2/h2-9,14H,1H3;1-2H. The van der Waals surface area contributed by atoms with Gasteiger partial charge < -0.3 is 9.66 Å². The number of thiol groups is 1. The van der Waals surface area contributed by atoms with E-state index in [9.17, 15) is 5.11 Å². The summed E-state index contributed by atoms with van der Waals surface area (Å²) in [5, 5.41) is 9.39. The molecule has 2 rings (SSSR count). The molecule has 0 aliphatic carbocycles. The molecule has 0 spiro atoms. The minimum atomic E-state index is 0.352. The van der Waals surface area contributed by atoms with Crippen LogP contribution in [0.4, 0.5) is 0 Å².